The third-order valence-electron chi connectivity index (χ3n) is 5.53. The first-order chi connectivity index (χ1) is 13.9. The maximum absolute atomic E-state index is 12.9. The van der Waals surface area contributed by atoms with E-state index in [1.807, 2.05) is 18.2 Å². The highest BCUT2D eigenvalue weighted by Crippen LogP contribution is 2.27. The number of nitrogens with one attached hydrogen (secondary N) is 1. The molecule has 0 radical (unpaired) electrons. The fourth-order valence-corrected chi connectivity index (χ4v) is 5.22. The summed E-state index contributed by atoms with van der Waals surface area (Å²) in [6, 6.07) is 15.4. The molecule has 1 saturated carbocycles. The molecule has 0 saturated heterocycles. The quantitative estimate of drug-likeness (QED) is 0.662. The first-order valence-corrected chi connectivity index (χ1v) is 11.3. The summed E-state index contributed by atoms with van der Waals surface area (Å²) < 4.78 is 32.9. The van der Waals surface area contributed by atoms with Gasteiger partial charge in [0, 0.05) is 24.2 Å². The summed E-state index contributed by atoms with van der Waals surface area (Å²) in [4.78, 5) is 12.7. The third kappa shape index (κ3) is 4.06. The van der Waals surface area contributed by atoms with Crippen LogP contribution in [0.25, 0.3) is 11.0 Å². The summed E-state index contributed by atoms with van der Waals surface area (Å²) in [5, 5.41) is 3.60. The molecule has 4 rings (SSSR count). The van der Waals surface area contributed by atoms with E-state index in [-0.39, 0.29) is 22.6 Å². The molecule has 1 fully saturated rings. The van der Waals surface area contributed by atoms with Crippen LogP contribution in [0.3, 0.4) is 0 Å². The van der Waals surface area contributed by atoms with Gasteiger partial charge in [0.25, 0.3) is 5.91 Å². The molecule has 152 valence electrons. The number of benzene rings is 2. The highest BCUT2D eigenvalue weighted by atomic mass is 32.2. The average Bonchev–Trinajstić information content (AvgIpc) is 3.19. The molecular formula is C22H24N2O4S. The number of para-hydroxylation sites is 1. The standard InChI is InChI=1S/C22H24N2O4S/c1-24(18-8-3-2-4-9-18)29(26,27)19-13-11-17(12-14-19)23-22(25)21-15-16-7-5-6-10-20(16)28-21/h5-7,10-15,18H,2-4,8-9H2,1H3,(H,23,25). The van der Waals surface area contributed by atoms with E-state index in [1.54, 1.807) is 31.3 Å². The topological polar surface area (TPSA) is 79.6 Å². The van der Waals surface area contributed by atoms with Gasteiger partial charge in [0.15, 0.2) is 5.76 Å². The Hall–Kier alpha value is -2.64. The second kappa shape index (κ2) is 8.00. The predicted octanol–water partition coefficient (Wildman–Crippen LogP) is 4.64. The molecule has 0 bridgehead atoms. The molecule has 0 atom stereocenters. The van der Waals surface area contributed by atoms with Crippen molar-refractivity contribution >= 4 is 32.6 Å². The Morgan fingerprint density at radius 2 is 1.72 bits per heavy atom. The van der Waals surface area contributed by atoms with Gasteiger partial charge in [-0.2, -0.15) is 4.31 Å². The van der Waals surface area contributed by atoms with E-state index >= 15 is 0 Å². The summed E-state index contributed by atoms with van der Waals surface area (Å²) in [5.74, 6) is -0.170. The van der Waals surface area contributed by atoms with E-state index in [2.05, 4.69) is 5.32 Å². The minimum Gasteiger partial charge on any atom is -0.451 e. The van der Waals surface area contributed by atoms with Crippen molar-refractivity contribution in [2.24, 2.45) is 0 Å². The monoisotopic (exact) mass is 412 g/mol. The Morgan fingerprint density at radius 3 is 2.41 bits per heavy atom. The molecule has 1 heterocycles. The number of hydrogen-bond donors (Lipinski definition) is 1. The lowest BCUT2D eigenvalue weighted by molar-refractivity contribution is 0.0998. The molecule has 1 aliphatic carbocycles. The molecule has 1 N–H and O–H groups in total. The lowest BCUT2D eigenvalue weighted by Crippen LogP contribution is -2.38. The van der Waals surface area contributed by atoms with E-state index in [9.17, 15) is 13.2 Å². The largest absolute Gasteiger partial charge is 0.451 e. The maximum atomic E-state index is 12.9. The van der Waals surface area contributed by atoms with Crippen molar-refractivity contribution in [1.82, 2.24) is 4.31 Å². The number of sulfonamides is 1. The van der Waals surface area contributed by atoms with Crippen molar-refractivity contribution in [3.63, 3.8) is 0 Å². The lowest BCUT2D eigenvalue weighted by Gasteiger charge is -2.30. The summed E-state index contributed by atoms with van der Waals surface area (Å²) in [5.41, 5.74) is 1.15. The minimum absolute atomic E-state index is 0.0567. The zero-order chi connectivity index (χ0) is 20.4. The number of carbonyl (C=O) groups is 1. The predicted molar refractivity (Wildman–Crippen MR) is 112 cm³/mol. The van der Waals surface area contributed by atoms with Crippen molar-refractivity contribution < 1.29 is 17.6 Å². The van der Waals surface area contributed by atoms with Gasteiger partial charge in [0.2, 0.25) is 10.0 Å². The molecule has 0 unspecified atom stereocenters. The number of nitrogens with zero attached hydrogens (tertiary/aromatic N) is 1. The van der Waals surface area contributed by atoms with Gasteiger partial charge in [0.05, 0.1) is 4.90 Å². The highest BCUT2D eigenvalue weighted by molar-refractivity contribution is 7.89. The first-order valence-electron chi connectivity index (χ1n) is 9.83. The van der Waals surface area contributed by atoms with Gasteiger partial charge in [-0.3, -0.25) is 4.79 Å². The zero-order valence-electron chi connectivity index (χ0n) is 16.3. The Bertz CT molecular complexity index is 1080. The number of fused-ring (bicyclic) bond motifs is 1. The summed E-state index contributed by atoms with van der Waals surface area (Å²) >= 11 is 0. The van der Waals surface area contributed by atoms with Crippen molar-refractivity contribution in [1.29, 1.82) is 0 Å². The van der Waals surface area contributed by atoms with Crippen LogP contribution in [0.4, 0.5) is 5.69 Å². The number of hydrogen-bond acceptors (Lipinski definition) is 4. The van der Waals surface area contributed by atoms with Crippen LogP contribution >= 0.6 is 0 Å². The van der Waals surface area contributed by atoms with E-state index in [4.69, 9.17) is 4.42 Å². The lowest BCUT2D eigenvalue weighted by atomic mass is 9.96. The third-order valence-corrected chi connectivity index (χ3v) is 7.45. The Kier molecular flexibility index (Phi) is 5.43. The number of anilines is 1. The molecule has 0 aliphatic heterocycles. The smallest absolute Gasteiger partial charge is 0.291 e. The second-order valence-corrected chi connectivity index (χ2v) is 9.44. The molecule has 2 aromatic carbocycles. The first kappa shape index (κ1) is 19.7. The second-order valence-electron chi connectivity index (χ2n) is 7.44. The average molecular weight is 413 g/mol. The fraction of sp³-hybridized carbons (Fsp3) is 0.318. The fourth-order valence-electron chi connectivity index (χ4n) is 3.80. The van der Waals surface area contributed by atoms with E-state index in [0.717, 1.165) is 31.1 Å². The van der Waals surface area contributed by atoms with Crippen LogP contribution in [0, 0.1) is 0 Å². The van der Waals surface area contributed by atoms with Crippen molar-refractivity contribution in [3.8, 4) is 0 Å². The SMILES string of the molecule is CN(C1CCCCC1)S(=O)(=O)c1ccc(NC(=O)c2cc3ccccc3o2)cc1. The zero-order valence-corrected chi connectivity index (χ0v) is 17.1. The molecule has 1 aromatic heterocycles. The number of rotatable bonds is 5. The van der Waals surface area contributed by atoms with Crippen LogP contribution in [-0.4, -0.2) is 31.7 Å². The van der Waals surface area contributed by atoms with Gasteiger partial charge in [-0.05, 0) is 49.2 Å². The summed E-state index contributed by atoms with van der Waals surface area (Å²) in [7, 11) is -1.90. The molecule has 6 nitrogen and oxygen atoms in total. The number of amides is 1. The van der Waals surface area contributed by atoms with Crippen LogP contribution in [0.5, 0.6) is 0 Å². The minimum atomic E-state index is -3.55. The van der Waals surface area contributed by atoms with Crippen LogP contribution in [-0.2, 0) is 10.0 Å². The van der Waals surface area contributed by atoms with Crippen LogP contribution in [0.15, 0.2) is 63.9 Å². The Balaban J connectivity index is 1.47. The van der Waals surface area contributed by atoms with Crippen LogP contribution in [0.2, 0.25) is 0 Å². The number of furan rings is 1. The molecule has 7 heteroatoms. The Labute approximate surface area is 170 Å². The molecule has 1 aliphatic rings. The van der Waals surface area contributed by atoms with Gasteiger partial charge in [-0.1, -0.05) is 37.5 Å². The van der Waals surface area contributed by atoms with Gasteiger partial charge < -0.3 is 9.73 Å². The van der Waals surface area contributed by atoms with E-state index in [0.29, 0.717) is 11.3 Å². The maximum Gasteiger partial charge on any atom is 0.291 e. The van der Waals surface area contributed by atoms with Gasteiger partial charge in [-0.25, -0.2) is 8.42 Å². The highest BCUT2D eigenvalue weighted by Gasteiger charge is 2.29. The van der Waals surface area contributed by atoms with Gasteiger partial charge in [0.1, 0.15) is 5.58 Å². The molecule has 3 aromatic rings. The molecule has 1 amide bonds. The van der Waals surface area contributed by atoms with E-state index in [1.165, 1.54) is 22.9 Å². The Morgan fingerprint density at radius 1 is 1.03 bits per heavy atom. The van der Waals surface area contributed by atoms with Crippen molar-refractivity contribution in [3.05, 3.63) is 60.4 Å². The van der Waals surface area contributed by atoms with Gasteiger partial charge in [-0.15, -0.1) is 0 Å². The van der Waals surface area contributed by atoms with Crippen LogP contribution in [0.1, 0.15) is 42.7 Å². The summed E-state index contributed by atoms with van der Waals surface area (Å²) in [6.07, 6.45) is 5.11. The normalized spacial score (nSPS) is 15.7. The van der Waals surface area contributed by atoms with Gasteiger partial charge >= 0.3 is 0 Å². The van der Waals surface area contributed by atoms with Crippen LogP contribution < -0.4 is 5.32 Å². The number of carbonyl (C=O) groups excluding carboxylic acids is 1. The van der Waals surface area contributed by atoms with Crippen molar-refractivity contribution in [2.45, 2.75) is 43.0 Å². The van der Waals surface area contributed by atoms with Crippen molar-refractivity contribution in [2.75, 3.05) is 12.4 Å². The molecule has 0 spiro atoms. The molecule has 29 heavy (non-hydrogen) atoms. The summed E-state index contributed by atoms with van der Waals surface area (Å²) in [6.45, 7) is 0. The molecular weight excluding hydrogens is 388 g/mol. The van der Waals surface area contributed by atoms with E-state index < -0.39 is 10.0 Å².